The molecule has 0 spiro atoms. The molecule has 0 saturated carbocycles. The van der Waals surface area contributed by atoms with Gasteiger partial charge in [0.1, 0.15) is 24.7 Å². The topological polar surface area (TPSA) is 111 Å². The van der Waals surface area contributed by atoms with Crippen LogP contribution in [0.2, 0.25) is 0 Å². The summed E-state index contributed by atoms with van der Waals surface area (Å²) in [5, 5.41) is 23.0. The van der Waals surface area contributed by atoms with Crippen LogP contribution >= 0.6 is 23.1 Å². The van der Waals surface area contributed by atoms with E-state index in [2.05, 4.69) is 41.4 Å². The van der Waals surface area contributed by atoms with Crippen LogP contribution in [0.5, 0.6) is 17.2 Å². The van der Waals surface area contributed by atoms with Gasteiger partial charge < -0.3 is 19.3 Å². The summed E-state index contributed by atoms with van der Waals surface area (Å²) in [6.07, 6.45) is 3.03. The second-order valence-corrected chi connectivity index (χ2v) is 13.6. The first kappa shape index (κ1) is 31.7. The predicted molar refractivity (Wildman–Crippen MR) is 187 cm³/mol. The Morgan fingerprint density at radius 3 is 2.65 bits per heavy atom. The highest BCUT2D eigenvalue weighted by atomic mass is 32.2. The minimum atomic E-state index is -0.971. The number of hydrogen-bond donors (Lipinski definition) is 1. The van der Waals surface area contributed by atoms with Crippen molar-refractivity contribution in [1.82, 2.24) is 10.2 Å². The second-order valence-electron chi connectivity index (χ2n) is 11.4. The van der Waals surface area contributed by atoms with Gasteiger partial charge in [-0.05, 0) is 58.7 Å². The standard InChI is InChI=1S/C37H33N3O6S2/c1-2-3-6-17-44-27-13-8-11-24(20-27)32-31(33(41)25-15-16-29-30(21-25)46-19-18-45-29)34(42)35(43)40(32)36-38-39-37(48-36)47-22-26-12-7-10-23-9-4-5-14-28(23)26/h4-5,7-16,20-21,32,41H,2-3,6,17-19,22H2,1H3/b33-31+. The van der Waals surface area contributed by atoms with Crippen molar-refractivity contribution in [2.45, 2.75) is 42.3 Å². The van der Waals surface area contributed by atoms with Crippen molar-refractivity contribution in [3.8, 4) is 17.2 Å². The summed E-state index contributed by atoms with van der Waals surface area (Å²) >= 11 is 2.75. The molecule has 0 bridgehead atoms. The Balaban J connectivity index is 1.24. The van der Waals surface area contributed by atoms with Gasteiger partial charge in [0.15, 0.2) is 15.8 Å². The maximum absolute atomic E-state index is 13.8. The van der Waals surface area contributed by atoms with E-state index >= 15 is 0 Å². The third kappa shape index (κ3) is 6.35. The van der Waals surface area contributed by atoms with Gasteiger partial charge in [0, 0.05) is 11.3 Å². The molecule has 1 fully saturated rings. The molecular weight excluding hydrogens is 647 g/mol. The van der Waals surface area contributed by atoms with Crippen molar-refractivity contribution >= 4 is 56.5 Å². The number of nitrogens with zero attached hydrogens (tertiary/aromatic N) is 3. The van der Waals surface area contributed by atoms with Crippen LogP contribution in [0.15, 0.2) is 94.8 Å². The molecule has 3 heterocycles. The lowest BCUT2D eigenvalue weighted by Crippen LogP contribution is -2.29. The maximum Gasteiger partial charge on any atom is 0.301 e. The molecule has 9 nitrogen and oxygen atoms in total. The quantitative estimate of drug-likeness (QED) is 0.0371. The zero-order chi connectivity index (χ0) is 33.0. The predicted octanol–water partition coefficient (Wildman–Crippen LogP) is 7.95. The average Bonchev–Trinajstić information content (AvgIpc) is 3.70. The Labute approximate surface area is 286 Å². The van der Waals surface area contributed by atoms with E-state index in [0.717, 1.165) is 30.2 Å². The molecule has 2 aliphatic rings. The van der Waals surface area contributed by atoms with E-state index < -0.39 is 17.7 Å². The first-order valence-corrected chi connectivity index (χ1v) is 17.7. The molecule has 1 unspecified atom stereocenters. The fourth-order valence-corrected chi connectivity index (χ4v) is 7.80. The number of carbonyl (C=O) groups excluding carboxylic acids is 2. The van der Waals surface area contributed by atoms with Gasteiger partial charge >= 0.3 is 5.91 Å². The first-order valence-electron chi connectivity index (χ1n) is 15.9. The van der Waals surface area contributed by atoms with Gasteiger partial charge in [-0.2, -0.15) is 0 Å². The number of anilines is 1. The molecule has 11 heteroatoms. The number of aliphatic hydroxyl groups is 1. The lowest BCUT2D eigenvalue weighted by molar-refractivity contribution is -0.132. The van der Waals surface area contributed by atoms with E-state index in [4.69, 9.17) is 14.2 Å². The Morgan fingerprint density at radius 1 is 0.958 bits per heavy atom. The van der Waals surface area contributed by atoms with Gasteiger partial charge in [-0.25, -0.2) is 0 Å². The lowest BCUT2D eigenvalue weighted by Gasteiger charge is -2.23. The molecule has 2 aliphatic heterocycles. The van der Waals surface area contributed by atoms with Gasteiger partial charge in [-0.1, -0.05) is 97.5 Å². The number of Topliss-reactive ketones (excluding diaryl/α,β-unsaturated/α-hetero) is 1. The normalized spacial score (nSPS) is 16.9. The van der Waals surface area contributed by atoms with Crippen LogP contribution in [0, 0.1) is 0 Å². The van der Waals surface area contributed by atoms with Gasteiger partial charge in [-0.3, -0.25) is 14.5 Å². The summed E-state index contributed by atoms with van der Waals surface area (Å²) in [7, 11) is 0. The van der Waals surface area contributed by atoms with Crippen LogP contribution in [0.25, 0.3) is 16.5 Å². The highest BCUT2D eigenvalue weighted by molar-refractivity contribution is 8.00. The molecule has 244 valence electrons. The maximum atomic E-state index is 13.8. The molecule has 0 aliphatic carbocycles. The van der Waals surface area contributed by atoms with Crippen LogP contribution in [-0.2, 0) is 15.3 Å². The summed E-state index contributed by atoms with van der Waals surface area (Å²) in [6.45, 7) is 3.46. The summed E-state index contributed by atoms with van der Waals surface area (Å²) in [5.74, 6) is 0.330. The van der Waals surface area contributed by atoms with Crippen molar-refractivity contribution in [3.63, 3.8) is 0 Å². The molecule has 1 atom stereocenters. The summed E-state index contributed by atoms with van der Waals surface area (Å²) in [5.41, 5.74) is 2.03. The SMILES string of the molecule is CCCCCOc1cccc(C2/C(=C(\O)c3ccc4c(c3)OCCO4)C(=O)C(=O)N2c2nnc(SCc3cccc4ccccc34)s2)c1. The average molecular weight is 680 g/mol. The van der Waals surface area contributed by atoms with Crippen LogP contribution in [0.4, 0.5) is 5.13 Å². The molecule has 1 amide bonds. The van der Waals surface area contributed by atoms with Gasteiger partial charge in [0.25, 0.3) is 5.78 Å². The van der Waals surface area contributed by atoms with Crippen molar-refractivity contribution < 1.29 is 28.9 Å². The van der Waals surface area contributed by atoms with Crippen LogP contribution in [-0.4, -0.2) is 46.8 Å². The number of ketones is 1. The van der Waals surface area contributed by atoms with E-state index in [1.807, 2.05) is 42.5 Å². The zero-order valence-corrected chi connectivity index (χ0v) is 27.9. The Hall–Kier alpha value is -4.87. The molecule has 5 aromatic rings. The molecule has 48 heavy (non-hydrogen) atoms. The highest BCUT2D eigenvalue weighted by Crippen LogP contribution is 2.45. The van der Waals surface area contributed by atoms with Crippen LogP contribution in [0.3, 0.4) is 0 Å². The van der Waals surface area contributed by atoms with Crippen LogP contribution < -0.4 is 19.1 Å². The number of benzene rings is 4. The number of aliphatic hydroxyl groups excluding tert-OH is 1. The summed E-state index contributed by atoms with van der Waals surface area (Å²) < 4.78 is 18.0. The Kier molecular flexibility index (Phi) is 9.31. The van der Waals surface area contributed by atoms with E-state index in [9.17, 15) is 14.7 Å². The lowest BCUT2D eigenvalue weighted by atomic mass is 9.95. The van der Waals surface area contributed by atoms with Gasteiger partial charge in [0.2, 0.25) is 5.13 Å². The number of aromatic nitrogens is 2. The van der Waals surface area contributed by atoms with Crippen molar-refractivity contribution in [2.24, 2.45) is 0 Å². The number of amides is 1. The number of ether oxygens (including phenoxy) is 3. The largest absolute Gasteiger partial charge is 0.507 e. The second kappa shape index (κ2) is 14.1. The molecule has 1 aromatic heterocycles. The molecule has 1 saturated heterocycles. The fourth-order valence-electron chi connectivity index (χ4n) is 5.92. The van der Waals surface area contributed by atoms with Crippen molar-refractivity contribution in [1.29, 1.82) is 0 Å². The van der Waals surface area contributed by atoms with Gasteiger partial charge in [-0.15, -0.1) is 10.2 Å². The molecule has 7 rings (SSSR count). The summed E-state index contributed by atoms with van der Waals surface area (Å²) in [6, 6.07) is 25.7. The number of hydrogen-bond acceptors (Lipinski definition) is 10. The number of fused-ring (bicyclic) bond motifs is 2. The van der Waals surface area contributed by atoms with E-state index in [1.165, 1.54) is 33.4 Å². The number of rotatable bonds is 11. The fraction of sp³-hybridized carbons (Fsp3) is 0.243. The third-order valence-corrected chi connectivity index (χ3v) is 10.4. The monoisotopic (exact) mass is 679 g/mol. The smallest absolute Gasteiger partial charge is 0.301 e. The zero-order valence-electron chi connectivity index (χ0n) is 26.3. The first-order chi connectivity index (χ1) is 23.5. The number of thioether (sulfide) groups is 1. The molecule has 4 aromatic carbocycles. The van der Waals surface area contributed by atoms with Gasteiger partial charge in [0.05, 0.1) is 18.2 Å². The molecule has 0 radical (unpaired) electrons. The van der Waals surface area contributed by atoms with E-state index in [1.54, 1.807) is 18.2 Å². The minimum Gasteiger partial charge on any atom is -0.507 e. The minimum absolute atomic E-state index is 0.0556. The Morgan fingerprint density at radius 2 is 1.77 bits per heavy atom. The molecule has 1 N–H and O–H groups in total. The number of carbonyl (C=O) groups is 2. The summed E-state index contributed by atoms with van der Waals surface area (Å²) in [4.78, 5) is 29.0. The van der Waals surface area contributed by atoms with Crippen LogP contribution in [0.1, 0.15) is 48.9 Å². The highest BCUT2D eigenvalue weighted by Gasteiger charge is 2.48. The van der Waals surface area contributed by atoms with E-state index in [-0.39, 0.29) is 16.5 Å². The molecular formula is C37H33N3O6S2. The third-order valence-electron chi connectivity index (χ3n) is 8.28. The number of unbranched alkanes of at least 4 members (excludes halogenated alkanes) is 2. The van der Waals surface area contributed by atoms with Crippen molar-refractivity contribution in [2.75, 3.05) is 24.7 Å². The Bertz CT molecular complexity index is 2020. The van der Waals surface area contributed by atoms with E-state index in [0.29, 0.717) is 58.3 Å². The van der Waals surface area contributed by atoms with Crippen molar-refractivity contribution in [3.05, 3.63) is 107 Å².